The summed E-state index contributed by atoms with van der Waals surface area (Å²) >= 11 is 3.37. The highest BCUT2D eigenvalue weighted by molar-refractivity contribution is 9.10. The zero-order valence-electron chi connectivity index (χ0n) is 9.91. The second kappa shape index (κ2) is 6.86. The molecule has 0 aliphatic rings. The third-order valence-electron chi connectivity index (χ3n) is 2.54. The molecule has 0 atom stereocenters. The summed E-state index contributed by atoms with van der Waals surface area (Å²) in [7, 11) is 0. The van der Waals surface area contributed by atoms with E-state index in [1.807, 2.05) is 6.07 Å². The molecule has 0 radical (unpaired) electrons. The van der Waals surface area contributed by atoms with Crippen LogP contribution in [0.5, 0.6) is 0 Å². The minimum Gasteiger partial charge on any atom is -0.392 e. The van der Waals surface area contributed by atoms with E-state index in [1.54, 1.807) is 6.20 Å². The SMILES string of the molecule is CCCCN(CC)c1ncc(Br)cc1CO. The molecule has 1 aromatic heterocycles. The smallest absolute Gasteiger partial charge is 0.134 e. The van der Waals surface area contributed by atoms with Gasteiger partial charge in [0.1, 0.15) is 5.82 Å². The van der Waals surface area contributed by atoms with Crippen LogP contribution in [0.4, 0.5) is 5.82 Å². The van der Waals surface area contributed by atoms with Crippen LogP contribution in [0, 0.1) is 0 Å². The van der Waals surface area contributed by atoms with E-state index in [0.29, 0.717) is 0 Å². The predicted molar refractivity (Wildman–Crippen MR) is 70.7 cm³/mol. The van der Waals surface area contributed by atoms with Gasteiger partial charge in [0, 0.05) is 29.3 Å². The highest BCUT2D eigenvalue weighted by Gasteiger charge is 2.10. The van der Waals surface area contributed by atoms with Gasteiger partial charge in [-0.1, -0.05) is 13.3 Å². The molecular weight excluding hydrogens is 268 g/mol. The molecule has 0 aliphatic carbocycles. The third kappa shape index (κ3) is 3.46. The Bertz CT molecular complexity index is 331. The molecule has 3 nitrogen and oxygen atoms in total. The number of pyridine rings is 1. The van der Waals surface area contributed by atoms with Crippen molar-refractivity contribution in [2.24, 2.45) is 0 Å². The van der Waals surface area contributed by atoms with E-state index in [2.05, 4.69) is 39.7 Å². The van der Waals surface area contributed by atoms with Gasteiger partial charge in [-0.05, 0) is 35.3 Å². The summed E-state index contributed by atoms with van der Waals surface area (Å²) in [5, 5.41) is 9.33. The predicted octanol–water partition coefficient (Wildman–Crippen LogP) is 2.96. The van der Waals surface area contributed by atoms with Gasteiger partial charge in [-0.25, -0.2) is 4.98 Å². The molecule has 0 spiro atoms. The van der Waals surface area contributed by atoms with Crippen molar-refractivity contribution < 1.29 is 5.11 Å². The fourth-order valence-electron chi connectivity index (χ4n) is 1.64. The lowest BCUT2D eigenvalue weighted by Crippen LogP contribution is -2.26. The van der Waals surface area contributed by atoms with Crippen LogP contribution < -0.4 is 4.90 Å². The first-order valence-corrected chi connectivity index (χ1v) is 6.52. The van der Waals surface area contributed by atoms with Crippen molar-refractivity contribution in [2.45, 2.75) is 33.3 Å². The summed E-state index contributed by atoms with van der Waals surface area (Å²) in [6, 6.07) is 1.93. The quantitative estimate of drug-likeness (QED) is 0.874. The minimum atomic E-state index is 0.0321. The van der Waals surface area contributed by atoms with Crippen LogP contribution in [0.25, 0.3) is 0 Å². The monoisotopic (exact) mass is 286 g/mol. The first-order valence-electron chi connectivity index (χ1n) is 5.73. The Morgan fingerprint density at radius 1 is 1.44 bits per heavy atom. The summed E-state index contributed by atoms with van der Waals surface area (Å²) < 4.78 is 0.909. The van der Waals surface area contributed by atoms with Gasteiger partial charge in [0.15, 0.2) is 0 Å². The van der Waals surface area contributed by atoms with Gasteiger partial charge in [-0.2, -0.15) is 0 Å². The fourth-order valence-corrected chi connectivity index (χ4v) is 2.02. The second-order valence-corrected chi connectivity index (χ2v) is 4.64. The largest absolute Gasteiger partial charge is 0.392 e. The van der Waals surface area contributed by atoms with Crippen molar-refractivity contribution in [3.63, 3.8) is 0 Å². The maximum atomic E-state index is 9.33. The first-order chi connectivity index (χ1) is 7.72. The minimum absolute atomic E-state index is 0.0321. The molecular formula is C12H19BrN2O. The van der Waals surface area contributed by atoms with E-state index in [1.165, 1.54) is 6.42 Å². The molecule has 0 amide bonds. The van der Waals surface area contributed by atoms with Crippen LogP contribution in [-0.2, 0) is 6.61 Å². The molecule has 1 rings (SSSR count). The number of hydrogen-bond acceptors (Lipinski definition) is 3. The summed E-state index contributed by atoms with van der Waals surface area (Å²) in [6.07, 6.45) is 4.10. The summed E-state index contributed by atoms with van der Waals surface area (Å²) in [5.74, 6) is 0.904. The zero-order valence-corrected chi connectivity index (χ0v) is 11.5. The number of halogens is 1. The summed E-state index contributed by atoms with van der Waals surface area (Å²) in [4.78, 5) is 6.60. The van der Waals surface area contributed by atoms with E-state index in [4.69, 9.17) is 0 Å². The van der Waals surface area contributed by atoms with Crippen molar-refractivity contribution >= 4 is 21.7 Å². The Kier molecular flexibility index (Phi) is 5.77. The molecule has 1 aromatic rings. The molecule has 0 saturated carbocycles. The standard InChI is InChI=1S/C12H19BrN2O/c1-3-5-6-15(4-2)12-10(9-16)7-11(13)8-14-12/h7-8,16H,3-6,9H2,1-2H3. The van der Waals surface area contributed by atoms with E-state index in [9.17, 15) is 5.11 Å². The van der Waals surface area contributed by atoms with Gasteiger partial charge in [0.05, 0.1) is 6.61 Å². The Hall–Kier alpha value is -0.610. The van der Waals surface area contributed by atoms with Gasteiger partial charge in [0.25, 0.3) is 0 Å². The normalized spacial score (nSPS) is 10.5. The van der Waals surface area contributed by atoms with Gasteiger partial charge in [0.2, 0.25) is 0 Å². The molecule has 90 valence electrons. The highest BCUT2D eigenvalue weighted by atomic mass is 79.9. The molecule has 16 heavy (non-hydrogen) atoms. The van der Waals surface area contributed by atoms with Crippen LogP contribution in [0.3, 0.4) is 0 Å². The maximum absolute atomic E-state index is 9.33. The Labute approximate surface area is 106 Å². The number of aliphatic hydroxyl groups is 1. The van der Waals surface area contributed by atoms with E-state index < -0.39 is 0 Å². The molecule has 0 bridgehead atoms. The lowest BCUT2D eigenvalue weighted by atomic mass is 10.2. The van der Waals surface area contributed by atoms with Crippen molar-refractivity contribution in [3.8, 4) is 0 Å². The summed E-state index contributed by atoms with van der Waals surface area (Å²) in [5.41, 5.74) is 0.882. The van der Waals surface area contributed by atoms with Crippen molar-refractivity contribution in [3.05, 3.63) is 22.3 Å². The first kappa shape index (κ1) is 13.5. The molecule has 0 aromatic carbocycles. The number of nitrogens with zero attached hydrogens (tertiary/aromatic N) is 2. The number of hydrogen-bond donors (Lipinski definition) is 1. The van der Waals surface area contributed by atoms with Crippen LogP contribution in [0.15, 0.2) is 16.7 Å². The van der Waals surface area contributed by atoms with Crippen molar-refractivity contribution in [2.75, 3.05) is 18.0 Å². The molecule has 0 saturated heterocycles. The Morgan fingerprint density at radius 3 is 2.75 bits per heavy atom. The summed E-state index contributed by atoms with van der Waals surface area (Å²) in [6.45, 7) is 6.23. The Balaban J connectivity index is 2.90. The number of aromatic nitrogens is 1. The number of anilines is 1. The van der Waals surface area contributed by atoms with Gasteiger partial charge >= 0.3 is 0 Å². The molecule has 1 heterocycles. The average molecular weight is 287 g/mol. The topological polar surface area (TPSA) is 36.4 Å². The van der Waals surface area contributed by atoms with E-state index in [-0.39, 0.29) is 6.61 Å². The third-order valence-corrected chi connectivity index (χ3v) is 2.98. The maximum Gasteiger partial charge on any atom is 0.134 e. The molecule has 1 N–H and O–H groups in total. The van der Waals surface area contributed by atoms with Gasteiger partial charge in [-0.3, -0.25) is 0 Å². The fraction of sp³-hybridized carbons (Fsp3) is 0.583. The van der Waals surface area contributed by atoms with E-state index >= 15 is 0 Å². The molecule has 0 unspecified atom stereocenters. The van der Waals surface area contributed by atoms with Crippen molar-refractivity contribution in [1.29, 1.82) is 0 Å². The molecule has 0 aliphatic heterocycles. The van der Waals surface area contributed by atoms with E-state index in [0.717, 1.165) is 35.4 Å². The zero-order chi connectivity index (χ0) is 12.0. The number of unbranched alkanes of at least 4 members (excludes halogenated alkanes) is 1. The van der Waals surface area contributed by atoms with Gasteiger partial charge in [-0.15, -0.1) is 0 Å². The van der Waals surface area contributed by atoms with Gasteiger partial charge < -0.3 is 10.0 Å². The molecule has 0 fully saturated rings. The lowest BCUT2D eigenvalue weighted by molar-refractivity contribution is 0.281. The molecule has 4 heteroatoms. The van der Waals surface area contributed by atoms with Crippen LogP contribution in [0.1, 0.15) is 32.3 Å². The lowest BCUT2D eigenvalue weighted by Gasteiger charge is -2.23. The highest BCUT2D eigenvalue weighted by Crippen LogP contribution is 2.21. The Morgan fingerprint density at radius 2 is 2.19 bits per heavy atom. The number of aliphatic hydroxyl groups excluding tert-OH is 1. The van der Waals surface area contributed by atoms with Crippen molar-refractivity contribution in [1.82, 2.24) is 4.98 Å². The number of rotatable bonds is 6. The average Bonchev–Trinajstić information content (AvgIpc) is 2.31. The second-order valence-electron chi connectivity index (χ2n) is 3.73. The van der Waals surface area contributed by atoms with Crippen LogP contribution in [-0.4, -0.2) is 23.2 Å². The van der Waals surface area contributed by atoms with Crippen LogP contribution in [0.2, 0.25) is 0 Å². The van der Waals surface area contributed by atoms with Crippen LogP contribution >= 0.6 is 15.9 Å².